The number of phenolic OH excluding ortho intramolecular Hbond substituents is 1. The molecule has 0 amide bonds. The summed E-state index contributed by atoms with van der Waals surface area (Å²) in [6, 6.07) is 20.0. The fraction of sp³-hybridized carbons (Fsp3) is 0.308. The quantitative estimate of drug-likeness (QED) is 0.382. The van der Waals surface area contributed by atoms with Crippen LogP contribution in [0.25, 0.3) is 0 Å². The van der Waals surface area contributed by atoms with Gasteiger partial charge in [-0.3, -0.25) is 19.9 Å². The first-order valence-electron chi connectivity index (χ1n) is 11.2. The third-order valence-electron chi connectivity index (χ3n) is 6.17. The summed E-state index contributed by atoms with van der Waals surface area (Å²) in [7, 11) is 3.27. The van der Waals surface area contributed by atoms with Crippen molar-refractivity contribution in [3.05, 3.63) is 93.5 Å². The second-order valence-corrected chi connectivity index (χ2v) is 8.36. The Labute approximate surface area is 199 Å². The Hall–Kier alpha value is -3.62. The minimum atomic E-state index is -0.423. The summed E-state index contributed by atoms with van der Waals surface area (Å²) in [4.78, 5) is 15.6. The summed E-state index contributed by atoms with van der Waals surface area (Å²) in [5.41, 5.74) is 2.70. The minimum absolute atomic E-state index is 0.0350. The van der Waals surface area contributed by atoms with Crippen LogP contribution in [0.15, 0.2) is 66.7 Å². The maximum Gasteiger partial charge on any atom is 0.270 e. The molecule has 0 bridgehead atoms. The van der Waals surface area contributed by atoms with Gasteiger partial charge in [-0.25, -0.2) is 0 Å². The molecule has 34 heavy (non-hydrogen) atoms. The van der Waals surface area contributed by atoms with Crippen LogP contribution in [-0.4, -0.2) is 47.1 Å². The summed E-state index contributed by atoms with van der Waals surface area (Å²) in [6.45, 7) is 2.88. The Kier molecular flexibility index (Phi) is 7.30. The minimum Gasteiger partial charge on any atom is -0.508 e. The van der Waals surface area contributed by atoms with Crippen molar-refractivity contribution in [1.29, 1.82) is 0 Å². The van der Waals surface area contributed by atoms with Crippen molar-refractivity contribution in [2.24, 2.45) is 0 Å². The Morgan fingerprint density at radius 2 is 1.38 bits per heavy atom. The number of hydrogen-bond donors (Lipinski definition) is 1. The first-order valence-corrected chi connectivity index (χ1v) is 11.2. The van der Waals surface area contributed by atoms with Gasteiger partial charge in [0, 0.05) is 43.9 Å². The van der Waals surface area contributed by atoms with E-state index < -0.39 is 4.92 Å². The van der Waals surface area contributed by atoms with Gasteiger partial charge in [-0.15, -0.1) is 0 Å². The van der Waals surface area contributed by atoms with Crippen LogP contribution in [0.1, 0.15) is 29.3 Å². The smallest absolute Gasteiger partial charge is 0.270 e. The fourth-order valence-electron chi connectivity index (χ4n) is 4.47. The van der Waals surface area contributed by atoms with Crippen LogP contribution in [0, 0.1) is 10.1 Å². The highest BCUT2D eigenvalue weighted by Gasteiger charge is 2.33. The topological polar surface area (TPSA) is 88.3 Å². The van der Waals surface area contributed by atoms with E-state index in [0.717, 1.165) is 42.1 Å². The molecule has 0 aromatic heterocycles. The van der Waals surface area contributed by atoms with Crippen LogP contribution in [0.4, 0.5) is 5.69 Å². The molecule has 0 saturated carbocycles. The zero-order chi connectivity index (χ0) is 24.1. The second-order valence-electron chi connectivity index (χ2n) is 8.36. The van der Waals surface area contributed by atoms with Crippen molar-refractivity contribution >= 4 is 5.69 Å². The Bertz CT molecular complexity index is 1060. The van der Waals surface area contributed by atoms with Crippen LogP contribution >= 0.6 is 0 Å². The van der Waals surface area contributed by atoms with E-state index in [1.54, 1.807) is 14.2 Å². The van der Waals surface area contributed by atoms with Gasteiger partial charge in [-0.05, 0) is 47.9 Å². The molecule has 1 aliphatic heterocycles. The average molecular weight is 464 g/mol. The summed E-state index contributed by atoms with van der Waals surface area (Å²) in [5.74, 6) is 1.63. The first kappa shape index (κ1) is 23.5. The van der Waals surface area contributed by atoms with Gasteiger partial charge < -0.3 is 14.6 Å². The predicted molar refractivity (Wildman–Crippen MR) is 129 cm³/mol. The average Bonchev–Trinajstić information content (AvgIpc) is 2.85. The molecule has 0 atom stereocenters. The standard InChI is InChI=1S/C26H29N3O5/c1-33-22-9-4-19(5-10-22)17-27-14-3-15-28(18-20-6-11-23(34-2)12-7-20)26(27)24-16-21(29(31)32)8-13-25(24)30/h4-13,16,26,30H,3,14-15,17-18H2,1-2H3. The Morgan fingerprint density at radius 3 is 1.82 bits per heavy atom. The molecule has 3 aromatic carbocycles. The maximum atomic E-state index is 11.5. The highest BCUT2D eigenvalue weighted by atomic mass is 16.6. The number of ether oxygens (including phenoxy) is 2. The van der Waals surface area contributed by atoms with Gasteiger partial charge in [0.2, 0.25) is 0 Å². The molecular weight excluding hydrogens is 434 g/mol. The second kappa shape index (κ2) is 10.5. The number of hydrogen-bond acceptors (Lipinski definition) is 7. The molecular formula is C26H29N3O5. The van der Waals surface area contributed by atoms with E-state index in [0.29, 0.717) is 18.7 Å². The van der Waals surface area contributed by atoms with Gasteiger partial charge in [0.1, 0.15) is 17.2 Å². The molecule has 1 heterocycles. The molecule has 0 unspecified atom stereocenters. The monoisotopic (exact) mass is 463 g/mol. The number of aromatic hydroxyl groups is 1. The molecule has 3 aromatic rings. The third kappa shape index (κ3) is 5.30. The van der Waals surface area contributed by atoms with Crippen LogP contribution in [0.3, 0.4) is 0 Å². The lowest BCUT2D eigenvalue weighted by Crippen LogP contribution is -2.46. The number of nitro groups is 1. The summed E-state index contributed by atoms with van der Waals surface area (Å²) < 4.78 is 10.5. The Morgan fingerprint density at radius 1 is 0.882 bits per heavy atom. The van der Waals surface area contributed by atoms with Gasteiger partial charge in [-0.2, -0.15) is 0 Å². The molecule has 1 saturated heterocycles. The lowest BCUT2D eigenvalue weighted by Gasteiger charge is -2.44. The van der Waals surface area contributed by atoms with E-state index in [4.69, 9.17) is 9.47 Å². The zero-order valence-electron chi connectivity index (χ0n) is 19.4. The van der Waals surface area contributed by atoms with Crippen LogP contribution in [-0.2, 0) is 13.1 Å². The van der Waals surface area contributed by atoms with Crippen molar-refractivity contribution in [2.45, 2.75) is 25.7 Å². The number of nitrogens with zero attached hydrogens (tertiary/aromatic N) is 3. The van der Waals surface area contributed by atoms with Gasteiger partial charge >= 0.3 is 0 Å². The lowest BCUT2D eigenvalue weighted by molar-refractivity contribution is -0.385. The van der Waals surface area contributed by atoms with Crippen molar-refractivity contribution in [2.75, 3.05) is 27.3 Å². The van der Waals surface area contributed by atoms with E-state index in [9.17, 15) is 15.2 Å². The molecule has 4 rings (SSSR count). The van der Waals surface area contributed by atoms with Gasteiger partial charge in [0.15, 0.2) is 0 Å². The molecule has 178 valence electrons. The number of nitro benzene ring substituents is 1. The number of methoxy groups -OCH3 is 2. The van der Waals surface area contributed by atoms with Crippen LogP contribution in [0.5, 0.6) is 17.2 Å². The molecule has 1 aliphatic rings. The predicted octanol–water partition coefficient (Wildman–Crippen LogP) is 4.72. The Balaban J connectivity index is 1.69. The summed E-state index contributed by atoms with van der Waals surface area (Å²) in [6.07, 6.45) is 0.622. The normalized spacial score (nSPS) is 15.2. The molecule has 1 N–H and O–H groups in total. The highest BCUT2D eigenvalue weighted by Crippen LogP contribution is 2.38. The van der Waals surface area contributed by atoms with Crippen molar-refractivity contribution in [3.63, 3.8) is 0 Å². The summed E-state index contributed by atoms with van der Waals surface area (Å²) >= 11 is 0. The van der Waals surface area contributed by atoms with E-state index >= 15 is 0 Å². The molecule has 0 aliphatic carbocycles. The number of benzene rings is 3. The van der Waals surface area contributed by atoms with Crippen molar-refractivity contribution in [1.82, 2.24) is 9.80 Å². The van der Waals surface area contributed by atoms with E-state index in [2.05, 4.69) is 9.80 Å². The molecule has 1 fully saturated rings. The van der Waals surface area contributed by atoms with E-state index in [1.807, 2.05) is 48.5 Å². The molecule has 8 heteroatoms. The van der Waals surface area contributed by atoms with E-state index in [-0.39, 0.29) is 17.6 Å². The molecule has 0 spiro atoms. The number of phenols is 1. The van der Waals surface area contributed by atoms with Gasteiger partial charge in [0.25, 0.3) is 5.69 Å². The first-order chi connectivity index (χ1) is 16.5. The number of non-ortho nitro benzene ring substituents is 1. The van der Waals surface area contributed by atoms with Gasteiger partial charge in [-0.1, -0.05) is 24.3 Å². The van der Waals surface area contributed by atoms with Crippen molar-refractivity contribution < 1.29 is 19.5 Å². The fourth-order valence-corrected chi connectivity index (χ4v) is 4.47. The van der Waals surface area contributed by atoms with Crippen molar-refractivity contribution in [3.8, 4) is 17.2 Å². The van der Waals surface area contributed by atoms with Crippen LogP contribution in [0.2, 0.25) is 0 Å². The zero-order valence-corrected chi connectivity index (χ0v) is 19.4. The summed E-state index contributed by atoms with van der Waals surface area (Å²) in [5, 5.41) is 22.3. The maximum absolute atomic E-state index is 11.5. The molecule has 8 nitrogen and oxygen atoms in total. The third-order valence-corrected chi connectivity index (χ3v) is 6.17. The lowest BCUT2D eigenvalue weighted by atomic mass is 10.0. The van der Waals surface area contributed by atoms with E-state index in [1.165, 1.54) is 18.2 Å². The highest BCUT2D eigenvalue weighted by molar-refractivity contribution is 5.45. The number of rotatable bonds is 8. The van der Waals surface area contributed by atoms with Gasteiger partial charge in [0.05, 0.1) is 25.3 Å². The van der Waals surface area contributed by atoms with Crippen LogP contribution < -0.4 is 9.47 Å². The SMILES string of the molecule is COc1ccc(CN2CCCN(Cc3ccc(OC)cc3)C2c2cc([N+](=O)[O-])ccc2O)cc1. The molecule has 0 radical (unpaired) electrons. The largest absolute Gasteiger partial charge is 0.508 e.